The first-order valence-corrected chi connectivity index (χ1v) is 8.55. The largest absolute Gasteiger partial charge is 0.507 e. The van der Waals surface area contributed by atoms with E-state index in [1.807, 2.05) is 0 Å². The van der Waals surface area contributed by atoms with Gasteiger partial charge in [0.25, 0.3) is 11.6 Å². The summed E-state index contributed by atoms with van der Waals surface area (Å²) in [6.07, 6.45) is 1.44. The first-order chi connectivity index (χ1) is 11.9. The molecule has 9 heteroatoms. The van der Waals surface area contributed by atoms with Crippen LogP contribution < -0.4 is 5.43 Å². The van der Waals surface area contributed by atoms with Crippen LogP contribution in [0.3, 0.4) is 0 Å². The Bertz CT molecular complexity index is 1020. The maximum absolute atomic E-state index is 12.1. The number of benzene rings is 2. The lowest BCUT2D eigenvalue weighted by Crippen LogP contribution is -2.16. The summed E-state index contributed by atoms with van der Waals surface area (Å²) in [5, 5.41) is 24.7. The molecule has 3 aromatic rings. The predicted molar refractivity (Wildman–Crippen MR) is 99.3 cm³/mol. The number of nitro groups is 1. The Labute approximate surface area is 153 Å². The number of hydrogen-bond donors (Lipinski definition) is 2. The summed E-state index contributed by atoms with van der Waals surface area (Å²) in [6, 6.07) is 10.9. The Morgan fingerprint density at radius 1 is 1.28 bits per heavy atom. The number of rotatable bonds is 4. The third kappa shape index (κ3) is 3.83. The number of nitro benzene ring substituents is 1. The first-order valence-electron chi connectivity index (χ1n) is 6.94. The van der Waals surface area contributed by atoms with Crippen molar-refractivity contribution in [3.8, 4) is 5.75 Å². The number of aromatic hydroxyl groups is 1. The summed E-state index contributed by atoms with van der Waals surface area (Å²) < 4.78 is 1.30. The molecule has 0 radical (unpaired) electrons. The Morgan fingerprint density at radius 2 is 2.08 bits per heavy atom. The summed E-state index contributed by atoms with van der Waals surface area (Å²) in [4.78, 5) is 22.9. The molecular formula is C16H10BrN3O4S. The lowest BCUT2D eigenvalue weighted by Gasteiger charge is -1.98. The van der Waals surface area contributed by atoms with Gasteiger partial charge in [-0.15, -0.1) is 11.3 Å². The van der Waals surface area contributed by atoms with E-state index in [0.29, 0.717) is 20.3 Å². The fourth-order valence-corrected chi connectivity index (χ4v) is 3.41. The lowest BCUT2D eigenvalue weighted by atomic mass is 10.2. The van der Waals surface area contributed by atoms with Crippen molar-refractivity contribution in [2.24, 2.45) is 5.10 Å². The van der Waals surface area contributed by atoms with Crippen LogP contribution in [0, 0.1) is 10.1 Å². The molecule has 0 spiro atoms. The van der Waals surface area contributed by atoms with Crippen LogP contribution in [0.25, 0.3) is 10.1 Å². The normalized spacial score (nSPS) is 11.1. The highest BCUT2D eigenvalue weighted by molar-refractivity contribution is 9.10. The number of halogens is 1. The maximum atomic E-state index is 12.1. The highest BCUT2D eigenvalue weighted by Crippen LogP contribution is 2.29. The number of phenolic OH excluding ortho intramolecular Hbond substituents is 1. The van der Waals surface area contributed by atoms with Gasteiger partial charge in [-0.2, -0.15) is 5.10 Å². The van der Waals surface area contributed by atoms with Gasteiger partial charge in [0.1, 0.15) is 5.75 Å². The molecule has 0 aliphatic rings. The minimum absolute atomic E-state index is 0.0202. The monoisotopic (exact) mass is 419 g/mol. The van der Waals surface area contributed by atoms with Gasteiger partial charge in [-0.25, -0.2) is 5.43 Å². The number of thiophene rings is 1. The van der Waals surface area contributed by atoms with E-state index in [0.717, 1.165) is 4.70 Å². The Balaban J connectivity index is 1.74. The van der Waals surface area contributed by atoms with E-state index in [2.05, 4.69) is 26.5 Å². The molecule has 126 valence electrons. The third-order valence-electron chi connectivity index (χ3n) is 3.29. The number of carbonyl (C=O) groups is 1. The molecule has 1 aromatic heterocycles. The molecule has 0 fully saturated rings. The summed E-state index contributed by atoms with van der Waals surface area (Å²) in [5.74, 6) is -0.293. The summed E-state index contributed by atoms with van der Waals surface area (Å²) >= 11 is 4.42. The smallest absolute Gasteiger partial charge is 0.281 e. The number of nitrogens with one attached hydrogen (secondary N) is 1. The summed E-state index contributed by atoms with van der Waals surface area (Å²) in [6.45, 7) is 0. The predicted octanol–water partition coefficient (Wildman–Crippen LogP) is 4.04. The molecule has 25 heavy (non-hydrogen) atoms. The van der Waals surface area contributed by atoms with Crippen LogP contribution in [-0.2, 0) is 0 Å². The Kier molecular flexibility index (Phi) is 4.77. The number of fused-ring (bicyclic) bond motifs is 1. The fourth-order valence-electron chi connectivity index (χ4n) is 2.08. The van der Waals surface area contributed by atoms with E-state index in [1.54, 1.807) is 24.3 Å². The highest BCUT2D eigenvalue weighted by atomic mass is 79.9. The molecule has 2 aromatic carbocycles. The van der Waals surface area contributed by atoms with Gasteiger partial charge in [0.2, 0.25) is 0 Å². The maximum Gasteiger partial charge on any atom is 0.281 e. The molecule has 7 nitrogen and oxygen atoms in total. The second-order valence-corrected chi connectivity index (χ2v) is 6.94. The molecule has 0 aliphatic carbocycles. The van der Waals surface area contributed by atoms with Crippen molar-refractivity contribution < 1.29 is 14.8 Å². The summed E-state index contributed by atoms with van der Waals surface area (Å²) in [5.41, 5.74) is 3.08. The molecule has 0 saturated heterocycles. The molecule has 3 rings (SSSR count). The molecule has 1 heterocycles. The van der Waals surface area contributed by atoms with E-state index in [4.69, 9.17) is 0 Å². The van der Waals surface area contributed by atoms with Gasteiger partial charge in [0, 0.05) is 22.2 Å². The van der Waals surface area contributed by atoms with Gasteiger partial charge in [0.15, 0.2) is 0 Å². The number of nitrogens with zero attached hydrogens (tertiary/aromatic N) is 2. The van der Waals surface area contributed by atoms with Crippen molar-refractivity contribution in [1.82, 2.24) is 5.43 Å². The highest BCUT2D eigenvalue weighted by Gasteiger charge is 2.12. The minimum atomic E-state index is -0.475. The van der Waals surface area contributed by atoms with Crippen LogP contribution in [0.2, 0.25) is 0 Å². The second-order valence-electron chi connectivity index (χ2n) is 5.00. The number of carbonyl (C=O) groups excluding carboxylic acids is 1. The zero-order valence-electron chi connectivity index (χ0n) is 12.5. The summed E-state index contributed by atoms with van der Waals surface area (Å²) in [7, 11) is 0. The van der Waals surface area contributed by atoms with E-state index < -0.39 is 10.8 Å². The zero-order chi connectivity index (χ0) is 18.0. The second kappa shape index (κ2) is 6.99. The Hall–Kier alpha value is -2.78. The molecule has 2 N–H and O–H groups in total. The van der Waals surface area contributed by atoms with E-state index in [-0.39, 0.29) is 11.4 Å². The average molecular weight is 420 g/mol. The van der Waals surface area contributed by atoms with Crippen LogP contribution in [0.5, 0.6) is 5.75 Å². The van der Waals surface area contributed by atoms with Gasteiger partial charge in [0.05, 0.1) is 20.5 Å². The first kappa shape index (κ1) is 17.1. The Morgan fingerprint density at radius 3 is 2.80 bits per heavy atom. The number of amides is 1. The van der Waals surface area contributed by atoms with Gasteiger partial charge in [-0.05, 0) is 51.8 Å². The van der Waals surface area contributed by atoms with Crippen molar-refractivity contribution in [3.05, 3.63) is 67.5 Å². The molecule has 1 amide bonds. The average Bonchev–Trinajstić information content (AvgIpc) is 3.01. The fraction of sp³-hybridized carbons (Fsp3) is 0. The number of hydrazone groups is 1. The van der Waals surface area contributed by atoms with Crippen molar-refractivity contribution in [2.45, 2.75) is 0 Å². The van der Waals surface area contributed by atoms with Gasteiger partial charge in [-0.3, -0.25) is 14.9 Å². The molecular weight excluding hydrogens is 410 g/mol. The lowest BCUT2D eigenvalue weighted by molar-refractivity contribution is -0.384. The topological polar surface area (TPSA) is 105 Å². The van der Waals surface area contributed by atoms with Crippen molar-refractivity contribution >= 4 is 55.2 Å². The van der Waals surface area contributed by atoms with Crippen LogP contribution in [0.4, 0.5) is 5.69 Å². The number of hydrogen-bond acceptors (Lipinski definition) is 6. The van der Waals surface area contributed by atoms with Crippen molar-refractivity contribution in [2.75, 3.05) is 0 Å². The van der Waals surface area contributed by atoms with Gasteiger partial charge >= 0.3 is 0 Å². The minimum Gasteiger partial charge on any atom is -0.507 e. The quantitative estimate of drug-likeness (QED) is 0.378. The van der Waals surface area contributed by atoms with Gasteiger partial charge < -0.3 is 5.11 Å². The third-order valence-corrected chi connectivity index (χ3v) is 5.04. The molecule has 0 bridgehead atoms. The SMILES string of the molecule is O=C(N/N=C/c1ccc(O)c(Br)c1)c1cc2cc([N+](=O)[O-])ccc2s1. The van der Waals surface area contributed by atoms with E-state index >= 15 is 0 Å². The van der Waals surface area contributed by atoms with E-state index in [1.165, 1.54) is 35.8 Å². The van der Waals surface area contributed by atoms with Crippen molar-refractivity contribution in [3.63, 3.8) is 0 Å². The number of phenols is 1. The van der Waals surface area contributed by atoms with Crippen LogP contribution in [-0.4, -0.2) is 22.2 Å². The molecule has 0 atom stereocenters. The molecule has 0 saturated carbocycles. The van der Waals surface area contributed by atoms with E-state index in [9.17, 15) is 20.0 Å². The van der Waals surface area contributed by atoms with Gasteiger partial charge in [-0.1, -0.05) is 0 Å². The van der Waals surface area contributed by atoms with Crippen molar-refractivity contribution in [1.29, 1.82) is 0 Å². The van der Waals surface area contributed by atoms with Crippen LogP contribution in [0.1, 0.15) is 15.2 Å². The van der Waals surface area contributed by atoms with Crippen LogP contribution in [0.15, 0.2) is 52.0 Å². The zero-order valence-corrected chi connectivity index (χ0v) is 14.9. The standard InChI is InChI=1S/C16H10BrN3O4S/c17-12-5-9(1-3-13(12)21)8-18-19-16(22)15-7-10-6-11(20(23)24)2-4-14(10)25-15/h1-8,21H,(H,19,22)/b18-8+. The van der Waals surface area contributed by atoms with Crippen LogP contribution >= 0.6 is 27.3 Å². The molecule has 0 unspecified atom stereocenters. The molecule has 0 aliphatic heterocycles. The number of non-ortho nitro benzene ring substituents is 1.